The van der Waals surface area contributed by atoms with Crippen LogP contribution in [0.2, 0.25) is 0 Å². The van der Waals surface area contributed by atoms with E-state index < -0.39 is 5.92 Å². The van der Waals surface area contributed by atoms with Gasteiger partial charge in [0, 0.05) is 50.3 Å². The molecule has 146 valence electrons. The molecule has 1 aromatic heterocycles. The standard InChI is InChI=1S/C21H29N3O3/c1-14-6-7-18-17(10-14)16-8-9-23(4)13-19(16)24(18)12-15(11-20(25)27-5)21(26)22(2)3/h6-7,10,15H,8-9,11-13H2,1-5H3. The largest absolute Gasteiger partial charge is 0.469 e. The van der Waals surface area contributed by atoms with Crippen molar-refractivity contribution in [2.45, 2.75) is 32.9 Å². The summed E-state index contributed by atoms with van der Waals surface area (Å²) >= 11 is 0. The summed E-state index contributed by atoms with van der Waals surface area (Å²) in [7, 11) is 6.94. The molecule has 0 fully saturated rings. The predicted octanol–water partition coefficient (Wildman–Crippen LogP) is 2.21. The van der Waals surface area contributed by atoms with Gasteiger partial charge in [-0.3, -0.25) is 9.59 Å². The summed E-state index contributed by atoms with van der Waals surface area (Å²) in [6, 6.07) is 6.48. The molecule has 6 nitrogen and oxygen atoms in total. The molecule has 1 aliphatic heterocycles. The highest BCUT2D eigenvalue weighted by Gasteiger charge is 2.28. The number of carbonyl (C=O) groups excluding carboxylic acids is 2. The molecule has 0 aliphatic carbocycles. The van der Waals surface area contributed by atoms with E-state index in [9.17, 15) is 9.59 Å². The molecule has 0 spiro atoms. The van der Waals surface area contributed by atoms with Crippen LogP contribution in [-0.4, -0.2) is 61.0 Å². The first-order valence-corrected chi connectivity index (χ1v) is 9.39. The molecule has 1 unspecified atom stereocenters. The van der Waals surface area contributed by atoms with Crippen molar-refractivity contribution >= 4 is 22.8 Å². The number of aromatic nitrogens is 1. The fraction of sp³-hybridized carbons (Fsp3) is 0.524. The maximum absolute atomic E-state index is 12.7. The monoisotopic (exact) mass is 371 g/mol. The molecule has 27 heavy (non-hydrogen) atoms. The normalized spacial score (nSPS) is 15.4. The molecule has 2 aromatic rings. The molecule has 1 atom stereocenters. The molecule has 0 N–H and O–H groups in total. The van der Waals surface area contributed by atoms with E-state index in [-0.39, 0.29) is 18.3 Å². The number of methoxy groups -OCH3 is 1. The van der Waals surface area contributed by atoms with Crippen LogP contribution in [0.4, 0.5) is 0 Å². The molecular formula is C21H29N3O3. The van der Waals surface area contributed by atoms with E-state index in [1.165, 1.54) is 29.3 Å². The van der Waals surface area contributed by atoms with E-state index >= 15 is 0 Å². The maximum Gasteiger partial charge on any atom is 0.306 e. The third-order valence-electron chi connectivity index (χ3n) is 5.44. The molecule has 1 aliphatic rings. The Bertz CT molecular complexity index is 869. The Hall–Kier alpha value is -2.34. The Morgan fingerprint density at radius 2 is 2.04 bits per heavy atom. The molecule has 0 bridgehead atoms. The molecule has 3 rings (SSSR count). The van der Waals surface area contributed by atoms with Crippen LogP contribution in [0.1, 0.15) is 23.2 Å². The number of carbonyl (C=O) groups is 2. The van der Waals surface area contributed by atoms with Gasteiger partial charge in [-0.25, -0.2) is 0 Å². The zero-order chi connectivity index (χ0) is 19.7. The zero-order valence-corrected chi connectivity index (χ0v) is 16.9. The number of rotatable bonds is 5. The van der Waals surface area contributed by atoms with Crippen molar-refractivity contribution in [3.63, 3.8) is 0 Å². The highest BCUT2D eigenvalue weighted by molar-refractivity contribution is 5.87. The molecule has 0 saturated heterocycles. The van der Waals surface area contributed by atoms with E-state index in [0.29, 0.717) is 6.54 Å². The number of aryl methyl sites for hydroxylation is 1. The molecule has 0 radical (unpaired) electrons. The van der Waals surface area contributed by atoms with Gasteiger partial charge in [-0.1, -0.05) is 11.6 Å². The minimum atomic E-state index is -0.444. The van der Waals surface area contributed by atoms with Gasteiger partial charge in [-0.2, -0.15) is 0 Å². The fourth-order valence-corrected chi connectivity index (χ4v) is 4.00. The summed E-state index contributed by atoms with van der Waals surface area (Å²) < 4.78 is 7.08. The second kappa shape index (κ2) is 7.72. The van der Waals surface area contributed by atoms with Crippen LogP contribution in [-0.2, 0) is 33.8 Å². The van der Waals surface area contributed by atoms with Gasteiger partial charge >= 0.3 is 5.97 Å². The molecular weight excluding hydrogens is 342 g/mol. The lowest BCUT2D eigenvalue weighted by atomic mass is 10.0. The highest BCUT2D eigenvalue weighted by Crippen LogP contribution is 2.32. The van der Waals surface area contributed by atoms with Gasteiger partial charge in [0.1, 0.15) is 0 Å². The second-order valence-corrected chi connectivity index (χ2v) is 7.75. The Morgan fingerprint density at radius 1 is 1.30 bits per heavy atom. The van der Waals surface area contributed by atoms with Crippen molar-refractivity contribution in [1.82, 2.24) is 14.4 Å². The summed E-state index contributed by atoms with van der Waals surface area (Å²) in [4.78, 5) is 28.5. The lowest BCUT2D eigenvalue weighted by Gasteiger charge is -2.26. The maximum atomic E-state index is 12.7. The van der Waals surface area contributed by atoms with E-state index in [2.05, 4.69) is 41.6 Å². The number of ether oxygens (including phenoxy) is 1. The lowest BCUT2D eigenvalue weighted by molar-refractivity contribution is -0.146. The highest BCUT2D eigenvalue weighted by atomic mass is 16.5. The van der Waals surface area contributed by atoms with Gasteiger partial charge in [0.2, 0.25) is 5.91 Å². The minimum absolute atomic E-state index is 0.0488. The number of esters is 1. The van der Waals surface area contributed by atoms with Gasteiger partial charge in [0.25, 0.3) is 0 Å². The Labute approximate surface area is 160 Å². The number of benzene rings is 1. The first kappa shape index (κ1) is 19.4. The van der Waals surface area contributed by atoms with Crippen molar-refractivity contribution in [1.29, 1.82) is 0 Å². The first-order chi connectivity index (χ1) is 12.8. The topological polar surface area (TPSA) is 54.8 Å². The van der Waals surface area contributed by atoms with E-state index in [0.717, 1.165) is 25.0 Å². The molecule has 1 amide bonds. The van der Waals surface area contributed by atoms with E-state index in [4.69, 9.17) is 4.74 Å². The fourth-order valence-electron chi connectivity index (χ4n) is 4.00. The van der Waals surface area contributed by atoms with Crippen LogP contribution >= 0.6 is 0 Å². The van der Waals surface area contributed by atoms with Crippen LogP contribution in [0.3, 0.4) is 0 Å². The quantitative estimate of drug-likeness (QED) is 0.756. The number of nitrogens with zero attached hydrogens (tertiary/aromatic N) is 3. The van der Waals surface area contributed by atoms with Gasteiger partial charge in [-0.15, -0.1) is 0 Å². The third-order valence-corrected chi connectivity index (χ3v) is 5.44. The smallest absolute Gasteiger partial charge is 0.306 e. The number of hydrogen-bond donors (Lipinski definition) is 0. The summed E-state index contributed by atoms with van der Waals surface area (Å²) in [5.41, 5.74) is 5.01. The van der Waals surface area contributed by atoms with Crippen LogP contribution < -0.4 is 0 Å². The van der Waals surface area contributed by atoms with Gasteiger partial charge in [0.15, 0.2) is 0 Å². The van der Waals surface area contributed by atoms with Crippen molar-refractivity contribution in [2.24, 2.45) is 5.92 Å². The van der Waals surface area contributed by atoms with E-state index in [1.807, 2.05) is 0 Å². The average Bonchev–Trinajstić information content (AvgIpc) is 2.92. The second-order valence-electron chi connectivity index (χ2n) is 7.75. The predicted molar refractivity (Wildman–Crippen MR) is 106 cm³/mol. The number of amides is 1. The first-order valence-electron chi connectivity index (χ1n) is 9.39. The summed E-state index contributed by atoms with van der Waals surface area (Å²) in [6.07, 6.45) is 1.09. The molecule has 6 heteroatoms. The summed E-state index contributed by atoms with van der Waals surface area (Å²) in [5, 5.41) is 1.27. The van der Waals surface area contributed by atoms with Crippen molar-refractivity contribution < 1.29 is 14.3 Å². The van der Waals surface area contributed by atoms with Gasteiger partial charge in [0.05, 0.1) is 19.4 Å². The Balaban J connectivity index is 2.07. The SMILES string of the molecule is COC(=O)CC(Cn1c2c(c3cc(C)ccc31)CCN(C)C2)C(=O)N(C)C. The van der Waals surface area contributed by atoms with Crippen molar-refractivity contribution in [3.05, 3.63) is 35.0 Å². The Morgan fingerprint density at radius 3 is 2.70 bits per heavy atom. The van der Waals surface area contributed by atoms with Crippen molar-refractivity contribution in [2.75, 3.05) is 34.8 Å². The minimum Gasteiger partial charge on any atom is -0.469 e. The van der Waals surface area contributed by atoms with Crippen LogP contribution in [0.15, 0.2) is 18.2 Å². The lowest BCUT2D eigenvalue weighted by Crippen LogP contribution is -2.35. The molecule has 1 aromatic carbocycles. The Kier molecular flexibility index (Phi) is 5.56. The van der Waals surface area contributed by atoms with E-state index in [1.54, 1.807) is 19.0 Å². The van der Waals surface area contributed by atoms with Crippen LogP contribution in [0.25, 0.3) is 10.9 Å². The van der Waals surface area contributed by atoms with Crippen molar-refractivity contribution in [3.8, 4) is 0 Å². The molecule has 2 heterocycles. The average molecular weight is 371 g/mol. The summed E-state index contributed by atoms with van der Waals surface area (Å²) in [5.74, 6) is -0.846. The van der Waals surface area contributed by atoms with Gasteiger partial charge < -0.3 is 19.1 Å². The zero-order valence-electron chi connectivity index (χ0n) is 16.9. The third kappa shape index (κ3) is 3.86. The van der Waals surface area contributed by atoms with Crippen LogP contribution in [0, 0.1) is 12.8 Å². The number of fused-ring (bicyclic) bond motifs is 3. The van der Waals surface area contributed by atoms with Gasteiger partial charge in [-0.05, 0) is 38.1 Å². The summed E-state index contributed by atoms with van der Waals surface area (Å²) in [6.45, 7) is 4.47. The number of hydrogen-bond acceptors (Lipinski definition) is 4. The van der Waals surface area contributed by atoms with Crippen LogP contribution in [0.5, 0.6) is 0 Å². The molecule has 0 saturated carbocycles. The number of likely N-dealkylation sites (N-methyl/N-ethyl adjacent to an activating group) is 1.